The van der Waals surface area contributed by atoms with Crippen LogP contribution in [0.15, 0.2) is 54.9 Å². The molecule has 204 valence electrons. The maximum atomic E-state index is 15.3. The molecule has 1 aliphatic rings. The second-order valence-electron chi connectivity index (χ2n) is 10.7. The maximum Gasteiger partial charge on any atom is 0.407 e. The van der Waals surface area contributed by atoms with E-state index in [1.807, 2.05) is 20.8 Å². The van der Waals surface area contributed by atoms with Gasteiger partial charge in [-0.1, -0.05) is 26.8 Å². The summed E-state index contributed by atoms with van der Waals surface area (Å²) in [5.74, 6) is -0.632. The van der Waals surface area contributed by atoms with Gasteiger partial charge < -0.3 is 19.5 Å². The number of ether oxygens (including phenoxy) is 2. The van der Waals surface area contributed by atoms with Crippen LogP contribution in [-0.2, 0) is 0 Å². The molecule has 0 aliphatic carbocycles. The zero-order chi connectivity index (χ0) is 27.9. The van der Waals surface area contributed by atoms with E-state index in [-0.39, 0.29) is 23.1 Å². The van der Waals surface area contributed by atoms with E-state index in [4.69, 9.17) is 14.6 Å². The molecule has 2 unspecified atom stereocenters. The number of methoxy groups -OCH3 is 1. The van der Waals surface area contributed by atoms with Gasteiger partial charge in [0.1, 0.15) is 17.0 Å². The molecule has 2 aromatic heterocycles. The molecule has 10 heteroatoms. The van der Waals surface area contributed by atoms with E-state index in [1.54, 1.807) is 41.2 Å². The van der Waals surface area contributed by atoms with Crippen molar-refractivity contribution in [1.29, 1.82) is 0 Å². The third-order valence-electron chi connectivity index (χ3n) is 7.11. The van der Waals surface area contributed by atoms with E-state index >= 15 is 4.39 Å². The Bertz CT molecular complexity index is 1510. The average Bonchev–Trinajstić information content (AvgIpc) is 3.30. The van der Waals surface area contributed by atoms with Crippen molar-refractivity contribution in [2.45, 2.75) is 45.7 Å². The van der Waals surface area contributed by atoms with Crippen molar-refractivity contribution in [2.24, 2.45) is 5.41 Å². The van der Waals surface area contributed by atoms with Crippen molar-refractivity contribution in [3.05, 3.63) is 66.5 Å². The van der Waals surface area contributed by atoms with Crippen LogP contribution in [0.4, 0.5) is 13.6 Å². The first-order valence-corrected chi connectivity index (χ1v) is 12.7. The number of benzene rings is 2. The number of rotatable bonds is 5. The Balaban J connectivity index is 1.55. The smallest absolute Gasteiger partial charge is 0.407 e. The van der Waals surface area contributed by atoms with Gasteiger partial charge in [0.2, 0.25) is 5.82 Å². The first kappa shape index (κ1) is 26.4. The van der Waals surface area contributed by atoms with Crippen LogP contribution in [0.3, 0.4) is 0 Å². The summed E-state index contributed by atoms with van der Waals surface area (Å²) in [6.07, 6.45) is 3.01. The van der Waals surface area contributed by atoms with Crippen LogP contribution in [0.25, 0.3) is 22.2 Å². The van der Waals surface area contributed by atoms with E-state index in [2.05, 4.69) is 4.98 Å². The van der Waals surface area contributed by atoms with Gasteiger partial charge in [-0.25, -0.2) is 9.18 Å². The Morgan fingerprint density at radius 1 is 1.08 bits per heavy atom. The van der Waals surface area contributed by atoms with Crippen molar-refractivity contribution >= 4 is 17.0 Å². The number of likely N-dealkylation sites (tertiary alicyclic amines) is 1. The molecule has 1 saturated heterocycles. The molecular formula is C29H30F2N4O4. The van der Waals surface area contributed by atoms with E-state index in [9.17, 15) is 14.3 Å². The Morgan fingerprint density at radius 2 is 1.79 bits per heavy atom. The van der Waals surface area contributed by atoms with Crippen LogP contribution in [0.2, 0.25) is 0 Å². The number of fused-ring (bicyclic) bond motifs is 1. The Kier molecular flexibility index (Phi) is 6.88. The number of nitrogens with zero attached hydrogens (tertiary/aromatic N) is 4. The Morgan fingerprint density at radius 3 is 2.46 bits per heavy atom. The molecule has 39 heavy (non-hydrogen) atoms. The SMILES string of the molecule is COc1cccc(Oc2ccc(-c3nn(C4CCCN(C(=O)O)C4C(C)(C)C)c4c(F)cncc34)cc2)c1F. The monoisotopic (exact) mass is 536 g/mol. The van der Waals surface area contributed by atoms with Crippen LogP contribution in [0.1, 0.15) is 39.7 Å². The molecule has 1 fully saturated rings. The van der Waals surface area contributed by atoms with Gasteiger partial charge in [0.25, 0.3) is 0 Å². The van der Waals surface area contributed by atoms with Crippen LogP contribution in [-0.4, -0.2) is 50.6 Å². The minimum Gasteiger partial charge on any atom is -0.494 e. The van der Waals surface area contributed by atoms with Crippen molar-refractivity contribution in [3.8, 4) is 28.5 Å². The van der Waals surface area contributed by atoms with Gasteiger partial charge >= 0.3 is 6.09 Å². The van der Waals surface area contributed by atoms with E-state index in [0.717, 1.165) is 6.20 Å². The highest BCUT2D eigenvalue weighted by Crippen LogP contribution is 2.42. The van der Waals surface area contributed by atoms with Gasteiger partial charge in [0.05, 0.1) is 25.4 Å². The molecule has 2 aromatic carbocycles. The number of aromatic nitrogens is 3. The number of hydrogen-bond acceptors (Lipinski definition) is 5. The first-order chi connectivity index (χ1) is 18.6. The lowest BCUT2D eigenvalue weighted by Crippen LogP contribution is -2.54. The minimum atomic E-state index is -0.999. The summed E-state index contributed by atoms with van der Waals surface area (Å²) in [5.41, 5.74) is 1.06. The maximum absolute atomic E-state index is 15.3. The number of carboxylic acid groups (broad SMARTS) is 1. The zero-order valence-corrected chi connectivity index (χ0v) is 22.2. The lowest BCUT2D eigenvalue weighted by Gasteiger charge is -2.46. The quantitative estimate of drug-likeness (QED) is 0.298. The van der Waals surface area contributed by atoms with Gasteiger partial charge in [-0.3, -0.25) is 9.67 Å². The Hall–Kier alpha value is -4.21. The molecule has 5 rings (SSSR count). The van der Waals surface area contributed by atoms with Gasteiger partial charge in [-0.15, -0.1) is 0 Å². The molecule has 4 aromatic rings. The molecule has 2 atom stereocenters. The van der Waals surface area contributed by atoms with Crippen molar-refractivity contribution in [2.75, 3.05) is 13.7 Å². The number of pyridine rings is 1. The van der Waals surface area contributed by atoms with E-state index < -0.39 is 29.2 Å². The van der Waals surface area contributed by atoms with Crippen molar-refractivity contribution < 1.29 is 28.2 Å². The summed E-state index contributed by atoms with van der Waals surface area (Å²) in [7, 11) is 1.38. The zero-order valence-electron chi connectivity index (χ0n) is 22.2. The van der Waals surface area contributed by atoms with Crippen LogP contribution in [0.5, 0.6) is 17.2 Å². The predicted molar refractivity (Wildman–Crippen MR) is 142 cm³/mol. The fourth-order valence-corrected chi connectivity index (χ4v) is 5.52. The summed E-state index contributed by atoms with van der Waals surface area (Å²) in [5, 5.41) is 15.3. The number of amides is 1. The molecule has 0 radical (unpaired) electrons. The highest BCUT2D eigenvalue weighted by atomic mass is 19.1. The predicted octanol–water partition coefficient (Wildman–Crippen LogP) is 6.91. The fraction of sp³-hybridized carbons (Fsp3) is 0.345. The number of piperidine rings is 1. The molecular weight excluding hydrogens is 506 g/mol. The summed E-state index contributed by atoms with van der Waals surface area (Å²) in [6, 6.07) is 10.7. The molecule has 0 bridgehead atoms. The van der Waals surface area contributed by atoms with E-state index in [1.165, 1.54) is 24.1 Å². The molecule has 1 aliphatic heterocycles. The van der Waals surface area contributed by atoms with Gasteiger partial charge in [-0.05, 0) is 54.7 Å². The minimum absolute atomic E-state index is 0.0246. The number of hydrogen-bond donors (Lipinski definition) is 1. The summed E-state index contributed by atoms with van der Waals surface area (Å²) < 4.78 is 42.2. The number of halogens is 2. The molecule has 0 spiro atoms. The third-order valence-corrected chi connectivity index (χ3v) is 7.11. The molecule has 3 heterocycles. The lowest BCUT2D eigenvalue weighted by atomic mass is 9.77. The molecule has 1 amide bonds. The molecule has 8 nitrogen and oxygen atoms in total. The highest BCUT2D eigenvalue weighted by Gasteiger charge is 2.44. The second-order valence-corrected chi connectivity index (χ2v) is 10.7. The van der Waals surface area contributed by atoms with Gasteiger partial charge in [0.15, 0.2) is 17.3 Å². The fourth-order valence-electron chi connectivity index (χ4n) is 5.52. The topological polar surface area (TPSA) is 89.7 Å². The van der Waals surface area contributed by atoms with Crippen LogP contribution < -0.4 is 9.47 Å². The molecule has 0 saturated carbocycles. The largest absolute Gasteiger partial charge is 0.494 e. The normalized spacial score (nSPS) is 17.8. The van der Waals surface area contributed by atoms with Crippen molar-refractivity contribution in [3.63, 3.8) is 0 Å². The first-order valence-electron chi connectivity index (χ1n) is 12.7. The van der Waals surface area contributed by atoms with Crippen LogP contribution in [0, 0.1) is 17.0 Å². The summed E-state index contributed by atoms with van der Waals surface area (Å²) >= 11 is 0. The molecule has 1 N–H and O–H groups in total. The lowest BCUT2D eigenvalue weighted by molar-refractivity contribution is 0.0249. The van der Waals surface area contributed by atoms with Gasteiger partial charge in [0, 0.05) is 23.7 Å². The standard InChI is InChI=1S/C29H30F2N4O4/c1-29(2,3)27-21(7-6-14-34(27)28(36)37)35-26-19(15-32-16-20(26)30)25(33-35)17-10-12-18(13-11-17)39-23-9-5-8-22(38-4)24(23)31/h5,8-13,15-16,21,27H,6-7,14H2,1-4H3,(H,36,37). The van der Waals surface area contributed by atoms with Gasteiger partial charge in [-0.2, -0.15) is 9.49 Å². The Labute approximate surface area is 224 Å². The summed E-state index contributed by atoms with van der Waals surface area (Å²) in [4.78, 5) is 17.6. The van der Waals surface area contributed by atoms with Crippen LogP contribution >= 0.6 is 0 Å². The number of carbonyl (C=O) groups is 1. The highest BCUT2D eigenvalue weighted by molar-refractivity contribution is 5.93. The summed E-state index contributed by atoms with van der Waals surface area (Å²) in [6.45, 7) is 6.38. The average molecular weight is 537 g/mol. The second kappa shape index (κ2) is 10.2. The third kappa shape index (κ3) is 4.86. The van der Waals surface area contributed by atoms with Crippen molar-refractivity contribution in [1.82, 2.24) is 19.7 Å². The van der Waals surface area contributed by atoms with E-state index in [0.29, 0.717) is 41.8 Å².